The van der Waals surface area contributed by atoms with Gasteiger partial charge in [0.1, 0.15) is 0 Å². The van der Waals surface area contributed by atoms with Crippen molar-refractivity contribution in [3.8, 4) is 0 Å². The molecule has 0 fully saturated rings. The van der Waals surface area contributed by atoms with Crippen LogP contribution in [0.3, 0.4) is 0 Å². The van der Waals surface area contributed by atoms with Crippen LogP contribution in [-0.4, -0.2) is 15.7 Å². The lowest BCUT2D eigenvalue weighted by Crippen LogP contribution is -2.14. The lowest BCUT2D eigenvalue weighted by atomic mass is 10.3. The molecule has 1 unspecified atom stereocenters. The summed E-state index contributed by atoms with van der Waals surface area (Å²) < 4.78 is 49.6. The fourth-order valence-electron chi connectivity index (χ4n) is 1.13. The number of benzene rings is 1. The molecule has 0 aliphatic heterocycles. The van der Waals surface area contributed by atoms with E-state index in [1.54, 1.807) is 30.3 Å². The van der Waals surface area contributed by atoms with Crippen LogP contribution in [0.5, 0.6) is 0 Å². The highest BCUT2D eigenvalue weighted by molar-refractivity contribution is 9.09. The first-order valence-electron chi connectivity index (χ1n) is 4.67. The van der Waals surface area contributed by atoms with Crippen molar-refractivity contribution in [3.63, 3.8) is 0 Å². The van der Waals surface area contributed by atoms with Crippen molar-refractivity contribution in [2.75, 3.05) is 5.33 Å². The molecular formula is C11H10BrF3OS. The average molecular weight is 327 g/mol. The second-order valence-electron chi connectivity index (χ2n) is 3.26. The van der Waals surface area contributed by atoms with E-state index in [2.05, 4.69) is 15.9 Å². The van der Waals surface area contributed by atoms with Crippen molar-refractivity contribution in [1.29, 1.82) is 0 Å². The van der Waals surface area contributed by atoms with Crippen molar-refractivity contribution in [2.24, 2.45) is 0 Å². The standard InChI is InChI=1S/C11H10BrF3OS/c1-8(11(13,14)15)10(7-12)17(16)9-5-3-2-4-6-9/h2-6H,7H2,1H3/b10-8+. The quantitative estimate of drug-likeness (QED) is 0.766. The minimum absolute atomic E-state index is 0.0696. The highest BCUT2D eigenvalue weighted by atomic mass is 79.9. The summed E-state index contributed by atoms with van der Waals surface area (Å²) in [5.74, 6) is 0. The number of halogens is 4. The van der Waals surface area contributed by atoms with Gasteiger partial charge in [-0.25, -0.2) is 4.21 Å². The Morgan fingerprint density at radius 1 is 1.29 bits per heavy atom. The van der Waals surface area contributed by atoms with E-state index in [0.717, 1.165) is 6.92 Å². The van der Waals surface area contributed by atoms with E-state index in [9.17, 15) is 17.4 Å². The van der Waals surface area contributed by atoms with E-state index >= 15 is 0 Å². The fourth-order valence-corrected chi connectivity index (χ4v) is 3.36. The molecule has 0 saturated heterocycles. The molecule has 0 aliphatic rings. The van der Waals surface area contributed by atoms with Crippen molar-refractivity contribution in [1.82, 2.24) is 0 Å². The molecule has 1 rings (SSSR count). The molecule has 0 aromatic heterocycles. The number of hydrogen-bond donors (Lipinski definition) is 0. The molecule has 1 aromatic rings. The Morgan fingerprint density at radius 2 is 1.82 bits per heavy atom. The molecule has 0 bridgehead atoms. The predicted octanol–water partition coefficient (Wildman–Crippen LogP) is 4.03. The molecule has 17 heavy (non-hydrogen) atoms. The molecule has 0 aliphatic carbocycles. The van der Waals surface area contributed by atoms with E-state index in [0.29, 0.717) is 4.90 Å². The van der Waals surface area contributed by atoms with Crippen LogP contribution >= 0.6 is 15.9 Å². The molecule has 0 saturated carbocycles. The minimum Gasteiger partial charge on any atom is -0.249 e. The maximum atomic E-state index is 12.5. The van der Waals surface area contributed by atoms with Gasteiger partial charge in [-0.3, -0.25) is 0 Å². The minimum atomic E-state index is -4.45. The van der Waals surface area contributed by atoms with Crippen molar-refractivity contribution < 1.29 is 17.4 Å². The maximum absolute atomic E-state index is 12.5. The Balaban J connectivity index is 3.18. The first kappa shape index (κ1) is 14.4. The summed E-state index contributed by atoms with van der Waals surface area (Å²) in [6.07, 6.45) is -4.45. The van der Waals surface area contributed by atoms with E-state index in [1.165, 1.54) is 0 Å². The summed E-state index contributed by atoms with van der Waals surface area (Å²) in [6, 6.07) is 8.09. The van der Waals surface area contributed by atoms with E-state index in [-0.39, 0.29) is 10.2 Å². The summed E-state index contributed by atoms with van der Waals surface area (Å²) in [4.78, 5) is 0.217. The van der Waals surface area contributed by atoms with Gasteiger partial charge in [0.15, 0.2) is 0 Å². The zero-order valence-electron chi connectivity index (χ0n) is 8.92. The van der Waals surface area contributed by atoms with Gasteiger partial charge in [0.05, 0.1) is 10.8 Å². The monoisotopic (exact) mass is 326 g/mol. The molecule has 0 amide bonds. The third-order valence-corrected chi connectivity index (χ3v) is 4.68. The number of rotatable bonds is 3. The number of alkyl halides is 4. The molecule has 6 heteroatoms. The Labute approximate surface area is 108 Å². The Morgan fingerprint density at radius 3 is 2.24 bits per heavy atom. The van der Waals surface area contributed by atoms with Gasteiger partial charge >= 0.3 is 6.18 Å². The van der Waals surface area contributed by atoms with Crippen molar-refractivity contribution in [3.05, 3.63) is 40.8 Å². The number of allylic oxidation sites excluding steroid dienone is 2. The third-order valence-electron chi connectivity index (χ3n) is 2.15. The van der Waals surface area contributed by atoms with Gasteiger partial charge in [-0.2, -0.15) is 13.2 Å². The summed E-state index contributed by atoms with van der Waals surface area (Å²) in [6.45, 7) is 0.942. The molecular weight excluding hydrogens is 317 g/mol. The van der Waals surface area contributed by atoms with Gasteiger partial charge in [0.2, 0.25) is 0 Å². The summed E-state index contributed by atoms with van der Waals surface area (Å²) in [5.41, 5.74) is -0.809. The van der Waals surface area contributed by atoms with Gasteiger partial charge in [-0.05, 0) is 19.1 Å². The van der Waals surface area contributed by atoms with Crippen LogP contribution in [0.4, 0.5) is 13.2 Å². The predicted molar refractivity (Wildman–Crippen MR) is 65.4 cm³/mol. The van der Waals surface area contributed by atoms with Crippen LogP contribution in [0.2, 0.25) is 0 Å². The zero-order chi connectivity index (χ0) is 13.1. The van der Waals surface area contributed by atoms with Crippen LogP contribution in [0.25, 0.3) is 0 Å². The molecule has 1 aromatic carbocycles. The first-order chi connectivity index (χ1) is 7.88. The summed E-state index contributed by atoms with van der Waals surface area (Å²) in [5, 5.41) is -0.0696. The highest BCUT2D eigenvalue weighted by Crippen LogP contribution is 2.31. The second-order valence-corrected chi connectivity index (χ2v) is 5.32. The van der Waals surface area contributed by atoms with Crippen LogP contribution in [0.15, 0.2) is 45.7 Å². The zero-order valence-corrected chi connectivity index (χ0v) is 11.3. The van der Waals surface area contributed by atoms with Gasteiger partial charge < -0.3 is 0 Å². The first-order valence-corrected chi connectivity index (χ1v) is 6.94. The fraction of sp³-hybridized carbons (Fsp3) is 0.273. The van der Waals surface area contributed by atoms with Gasteiger partial charge in [0.25, 0.3) is 0 Å². The summed E-state index contributed by atoms with van der Waals surface area (Å²) >= 11 is 2.96. The van der Waals surface area contributed by atoms with Gasteiger partial charge in [0, 0.05) is 20.7 Å². The molecule has 0 N–H and O–H groups in total. The SMILES string of the molecule is C/C(=C(/CBr)S(=O)c1ccccc1)C(F)(F)F. The molecule has 94 valence electrons. The van der Waals surface area contributed by atoms with E-state index in [1.807, 2.05) is 0 Å². The Hall–Kier alpha value is -0.620. The average Bonchev–Trinajstić information content (AvgIpc) is 2.29. The number of hydrogen-bond acceptors (Lipinski definition) is 1. The highest BCUT2D eigenvalue weighted by Gasteiger charge is 2.34. The van der Waals surface area contributed by atoms with Crippen LogP contribution in [0.1, 0.15) is 6.92 Å². The smallest absolute Gasteiger partial charge is 0.249 e. The molecule has 0 spiro atoms. The van der Waals surface area contributed by atoms with Crippen LogP contribution in [-0.2, 0) is 10.8 Å². The van der Waals surface area contributed by atoms with E-state index in [4.69, 9.17) is 0 Å². The van der Waals surface area contributed by atoms with Gasteiger partial charge in [-0.15, -0.1) is 0 Å². The largest absolute Gasteiger partial charge is 0.413 e. The second kappa shape index (κ2) is 5.82. The van der Waals surface area contributed by atoms with Crippen LogP contribution < -0.4 is 0 Å². The molecule has 1 atom stereocenters. The Bertz CT molecular complexity index is 440. The molecule has 0 radical (unpaired) electrons. The molecule has 1 nitrogen and oxygen atoms in total. The lowest BCUT2D eigenvalue weighted by Gasteiger charge is -2.12. The Kier molecular flexibility index (Phi) is 4.94. The lowest BCUT2D eigenvalue weighted by molar-refractivity contribution is -0.0916. The maximum Gasteiger partial charge on any atom is 0.413 e. The van der Waals surface area contributed by atoms with Gasteiger partial charge in [-0.1, -0.05) is 34.1 Å². The molecule has 0 heterocycles. The van der Waals surface area contributed by atoms with Crippen LogP contribution in [0, 0.1) is 0 Å². The summed E-state index contributed by atoms with van der Waals surface area (Å²) in [7, 11) is -1.79. The van der Waals surface area contributed by atoms with E-state index < -0.39 is 22.5 Å². The third kappa shape index (κ3) is 3.67. The topological polar surface area (TPSA) is 17.1 Å². The normalized spacial score (nSPS) is 15.4. The van der Waals surface area contributed by atoms with Crippen molar-refractivity contribution >= 4 is 26.7 Å². The van der Waals surface area contributed by atoms with Crippen molar-refractivity contribution in [2.45, 2.75) is 18.0 Å².